The van der Waals surface area contributed by atoms with Crippen molar-refractivity contribution in [1.29, 1.82) is 0 Å². The van der Waals surface area contributed by atoms with Crippen LogP contribution in [-0.2, 0) is 6.54 Å². The first-order valence-electron chi connectivity index (χ1n) is 9.36. The number of carbonyl (C=O) groups excluding carboxylic acids is 1. The number of rotatable bonds is 4. The number of halogens is 1. The molecule has 29 heavy (non-hydrogen) atoms. The fraction of sp³-hybridized carbons (Fsp3) is 0.174. The molecule has 0 unspecified atom stereocenters. The van der Waals surface area contributed by atoms with Gasteiger partial charge >= 0.3 is 0 Å². The van der Waals surface area contributed by atoms with Gasteiger partial charge in [0.15, 0.2) is 5.82 Å². The third-order valence-corrected chi connectivity index (χ3v) is 5.20. The standard InChI is InChI=1S/C23H21ClN4O/c1-15-13-16(2)28(26-15)21-12-11-20(24)22(25-21)23(29)27(3)14-18-9-6-8-17-7-4-5-10-19(17)18/h4-13H,14H2,1-3H3. The molecule has 0 aliphatic carbocycles. The Balaban J connectivity index is 1.65. The van der Waals surface area contributed by atoms with E-state index in [1.807, 2.05) is 44.2 Å². The zero-order valence-electron chi connectivity index (χ0n) is 16.6. The summed E-state index contributed by atoms with van der Waals surface area (Å²) in [6.45, 7) is 4.33. The van der Waals surface area contributed by atoms with E-state index in [1.54, 1.807) is 28.8 Å². The first-order valence-corrected chi connectivity index (χ1v) is 9.74. The highest BCUT2D eigenvalue weighted by Gasteiger charge is 2.19. The second kappa shape index (κ2) is 7.68. The summed E-state index contributed by atoms with van der Waals surface area (Å²) >= 11 is 6.33. The highest BCUT2D eigenvalue weighted by molar-refractivity contribution is 6.33. The Kier molecular flexibility index (Phi) is 5.07. The molecule has 0 aliphatic rings. The highest BCUT2D eigenvalue weighted by Crippen LogP contribution is 2.22. The van der Waals surface area contributed by atoms with Crippen molar-refractivity contribution < 1.29 is 4.79 Å². The van der Waals surface area contributed by atoms with Crippen LogP contribution in [0, 0.1) is 13.8 Å². The minimum atomic E-state index is -0.230. The molecule has 0 bridgehead atoms. The second-order valence-electron chi connectivity index (χ2n) is 7.14. The predicted octanol–water partition coefficient (Wildman–Crippen LogP) is 4.96. The van der Waals surface area contributed by atoms with Crippen LogP contribution in [0.3, 0.4) is 0 Å². The van der Waals surface area contributed by atoms with Gasteiger partial charge in [-0.15, -0.1) is 0 Å². The molecule has 146 valence electrons. The van der Waals surface area contributed by atoms with Crippen LogP contribution < -0.4 is 0 Å². The molecule has 0 spiro atoms. The van der Waals surface area contributed by atoms with Crippen molar-refractivity contribution >= 4 is 28.3 Å². The summed E-state index contributed by atoms with van der Waals surface area (Å²) in [7, 11) is 1.76. The molecule has 0 saturated heterocycles. The smallest absolute Gasteiger partial charge is 0.274 e. The predicted molar refractivity (Wildman–Crippen MR) is 116 cm³/mol. The Morgan fingerprint density at radius 2 is 1.83 bits per heavy atom. The van der Waals surface area contributed by atoms with Crippen LogP contribution in [-0.4, -0.2) is 32.6 Å². The molecule has 2 heterocycles. The number of hydrogen-bond donors (Lipinski definition) is 0. The van der Waals surface area contributed by atoms with Gasteiger partial charge in [-0.1, -0.05) is 54.1 Å². The van der Waals surface area contributed by atoms with Gasteiger partial charge in [0, 0.05) is 19.3 Å². The lowest BCUT2D eigenvalue weighted by Crippen LogP contribution is -2.27. The van der Waals surface area contributed by atoms with E-state index in [1.165, 1.54) is 0 Å². The van der Waals surface area contributed by atoms with Gasteiger partial charge in [-0.25, -0.2) is 9.67 Å². The van der Waals surface area contributed by atoms with Gasteiger partial charge in [0.1, 0.15) is 5.69 Å². The number of hydrogen-bond acceptors (Lipinski definition) is 3. The molecular formula is C23H21ClN4O. The van der Waals surface area contributed by atoms with Crippen LogP contribution in [0.1, 0.15) is 27.4 Å². The molecule has 0 aliphatic heterocycles. The maximum atomic E-state index is 13.1. The third kappa shape index (κ3) is 3.74. The van der Waals surface area contributed by atoms with Crippen molar-refractivity contribution in [3.05, 3.63) is 88.3 Å². The summed E-state index contributed by atoms with van der Waals surface area (Å²) in [4.78, 5) is 19.3. The molecule has 1 amide bonds. The summed E-state index contributed by atoms with van der Waals surface area (Å²) in [6.07, 6.45) is 0. The van der Waals surface area contributed by atoms with Gasteiger partial charge in [-0.3, -0.25) is 4.79 Å². The average molecular weight is 405 g/mol. The molecular weight excluding hydrogens is 384 g/mol. The number of pyridine rings is 1. The molecule has 5 nitrogen and oxygen atoms in total. The van der Waals surface area contributed by atoms with Crippen LogP contribution >= 0.6 is 11.6 Å². The number of carbonyl (C=O) groups is 1. The largest absolute Gasteiger partial charge is 0.336 e. The lowest BCUT2D eigenvalue weighted by atomic mass is 10.0. The van der Waals surface area contributed by atoms with E-state index in [4.69, 9.17) is 11.6 Å². The topological polar surface area (TPSA) is 51.0 Å². The molecule has 0 saturated carbocycles. The molecule has 4 aromatic rings. The lowest BCUT2D eigenvalue weighted by Gasteiger charge is -2.19. The van der Waals surface area contributed by atoms with E-state index >= 15 is 0 Å². The van der Waals surface area contributed by atoms with Crippen LogP contribution in [0.15, 0.2) is 60.7 Å². The molecule has 4 rings (SSSR count). The number of aromatic nitrogens is 3. The maximum absolute atomic E-state index is 13.1. The molecule has 0 radical (unpaired) electrons. The molecule has 0 atom stereocenters. The van der Waals surface area contributed by atoms with Gasteiger partial charge in [-0.2, -0.15) is 5.10 Å². The Morgan fingerprint density at radius 1 is 1.07 bits per heavy atom. The van der Waals surface area contributed by atoms with Gasteiger partial charge < -0.3 is 4.90 Å². The Labute approximate surface area is 174 Å². The first kappa shape index (κ1) is 19.2. The van der Waals surface area contributed by atoms with E-state index in [9.17, 15) is 4.79 Å². The molecule has 0 fully saturated rings. The van der Waals surface area contributed by atoms with Crippen molar-refractivity contribution in [3.8, 4) is 5.82 Å². The van der Waals surface area contributed by atoms with Crippen LogP contribution in [0.25, 0.3) is 16.6 Å². The maximum Gasteiger partial charge on any atom is 0.274 e. The SMILES string of the molecule is Cc1cc(C)n(-c2ccc(Cl)c(C(=O)N(C)Cc3cccc4ccccc34)n2)n1. The number of amides is 1. The van der Waals surface area contributed by atoms with Crippen molar-refractivity contribution in [1.82, 2.24) is 19.7 Å². The molecule has 2 aromatic heterocycles. The summed E-state index contributed by atoms with van der Waals surface area (Å²) in [5.41, 5.74) is 3.13. The van der Waals surface area contributed by atoms with Crippen LogP contribution in [0.4, 0.5) is 0 Å². The third-order valence-electron chi connectivity index (χ3n) is 4.89. The number of aryl methyl sites for hydroxylation is 2. The van der Waals surface area contributed by atoms with Gasteiger partial charge in [0.25, 0.3) is 5.91 Å². The number of benzene rings is 2. The minimum Gasteiger partial charge on any atom is -0.336 e. The highest BCUT2D eigenvalue weighted by atomic mass is 35.5. The average Bonchev–Trinajstić information content (AvgIpc) is 3.06. The van der Waals surface area contributed by atoms with E-state index < -0.39 is 0 Å². The van der Waals surface area contributed by atoms with Crippen molar-refractivity contribution in [2.75, 3.05) is 7.05 Å². The number of fused-ring (bicyclic) bond motifs is 1. The van der Waals surface area contributed by atoms with E-state index in [-0.39, 0.29) is 11.6 Å². The lowest BCUT2D eigenvalue weighted by molar-refractivity contribution is 0.0780. The Bertz CT molecular complexity index is 1210. The molecule has 0 N–H and O–H groups in total. The normalized spacial score (nSPS) is 11.0. The summed E-state index contributed by atoms with van der Waals surface area (Å²) in [5, 5.41) is 7.04. The minimum absolute atomic E-state index is 0.222. The zero-order valence-corrected chi connectivity index (χ0v) is 17.3. The Morgan fingerprint density at radius 3 is 2.59 bits per heavy atom. The van der Waals surface area contributed by atoms with E-state index in [2.05, 4.69) is 28.3 Å². The fourth-order valence-corrected chi connectivity index (χ4v) is 3.69. The van der Waals surface area contributed by atoms with Crippen LogP contribution in [0.2, 0.25) is 5.02 Å². The first-order chi connectivity index (χ1) is 13.9. The van der Waals surface area contributed by atoms with Crippen LogP contribution in [0.5, 0.6) is 0 Å². The molecule has 6 heteroatoms. The summed E-state index contributed by atoms with van der Waals surface area (Å²) in [5.74, 6) is 0.341. The molecule has 2 aromatic carbocycles. The van der Waals surface area contributed by atoms with E-state index in [0.717, 1.165) is 27.7 Å². The van der Waals surface area contributed by atoms with Crippen molar-refractivity contribution in [2.24, 2.45) is 0 Å². The second-order valence-corrected chi connectivity index (χ2v) is 7.55. The van der Waals surface area contributed by atoms with E-state index in [0.29, 0.717) is 17.4 Å². The zero-order chi connectivity index (χ0) is 20.5. The number of nitrogens with zero attached hydrogens (tertiary/aromatic N) is 4. The van der Waals surface area contributed by atoms with Gasteiger partial charge in [-0.05, 0) is 48.4 Å². The monoisotopic (exact) mass is 404 g/mol. The Hall–Kier alpha value is -3.18. The summed E-state index contributed by atoms with van der Waals surface area (Å²) in [6, 6.07) is 19.7. The van der Waals surface area contributed by atoms with Crippen molar-refractivity contribution in [2.45, 2.75) is 20.4 Å². The van der Waals surface area contributed by atoms with Gasteiger partial charge in [0.05, 0.1) is 10.7 Å². The fourth-order valence-electron chi connectivity index (χ4n) is 3.50. The quantitative estimate of drug-likeness (QED) is 0.483. The summed E-state index contributed by atoms with van der Waals surface area (Å²) < 4.78 is 1.72. The van der Waals surface area contributed by atoms with Crippen molar-refractivity contribution in [3.63, 3.8) is 0 Å². The van der Waals surface area contributed by atoms with Gasteiger partial charge in [0.2, 0.25) is 0 Å².